The maximum absolute atomic E-state index is 4.59. The first-order valence-corrected chi connectivity index (χ1v) is 7.37. The maximum Gasteiger partial charge on any atom is 0.145 e. The van der Waals surface area contributed by atoms with Gasteiger partial charge in [-0.2, -0.15) is 0 Å². The molecule has 20 heavy (non-hydrogen) atoms. The molecule has 0 atom stereocenters. The van der Waals surface area contributed by atoms with Gasteiger partial charge >= 0.3 is 0 Å². The highest BCUT2D eigenvalue weighted by molar-refractivity contribution is 7.16. The Bertz CT molecular complexity index is 775. The highest BCUT2D eigenvalue weighted by Crippen LogP contribution is 2.31. The van der Waals surface area contributed by atoms with Gasteiger partial charge in [0, 0.05) is 10.9 Å². The van der Waals surface area contributed by atoms with Gasteiger partial charge < -0.3 is 0 Å². The van der Waals surface area contributed by atoms with Gasteiger partial charge in [-0.15, -0.1) is 11.3 Å². The van der Waals surface area contributed by atoms with Crippen molar-refractivity contribution in [3.05, 3.63) is 72.2 Å². The van der Waals surface area contributed by atoms with Gasteiger partial charge in [0.25, 0.3) is 0 Å². The van der Waals surface area contributed by atoms with Crippen LogP contribution in [0.1, 0.15) is 0 Å². The maximum atomic E-state index is 4.59. The van der Waals surface area contributed by atoms with Crippen LogP contribution in [-0.2, 0) is 0 Å². The molecule has 0 unspecified atom stereocenters. The molecule has 4 rings (SSSR count). The van der Waals surface area contributed by atoms with E-state index in [9.17, 15) is 0 Å². The van der Waals surface area contributed by atoms with Crippen LogP contribution in [0.2, 0.25) is 0 Å². The second kappa shape index (κ2) is 4.62. The van der Waals surface area contributed by atoms with Crippen LogP contribution < -0.4 is 0 Å². The molecule has 4 aromatic rings. The zero-order valence-electron chi connectivity index (χ0n) is 10.7. The molecular weight excluding hydrogens is 264 g/mol. The van der Waals surface area contributed by atoms with Crippen molar-refractivity contribution in [3.63, 3.8) is 0 Å². The van der Waals surface area contributed by atoms with Gasteiger partial charge in [-0.3, -0.25) is 4.40 Å². The van der Waals surface area contributed by atoms with E-state index in [1.165, 1.54) is 16.1 Å². The third kappa shape index (κ3) is 1.75. The number of imidazole rings is 1. The summed E-state index contributed by atoms with van der Waals surface area (Å²) in [6, 6.07) is 20.8. The van der Waals surface area contributed by atoms with E-state index in [4.69, 9.17) is 0 Å². The van der Waals surface area contributed by atoms with E-state index >= 15 is 0 Å². The lowest BCUT2D eigenvalue weighted by atomic mass is 10.1. The largest absolute Gasteiger partial charge is 0.283 e. The van der Waals surface area contributed by atoms with Crippen LogP contribution in [0.15, 0.2) is 72.2 Å². The average molecular weight is 276 g/mol. The van der Waals surface area contributed by atoms with Gasteiger partial charge in [-0.25, -0.2) is 4.98 Å². The van der Waals surface area contributed by atoms with Gasteiger partial charge in [-0.1, -0.05) is 60.7 Å². The molecule has 2 heterocycles. The predicted octanol–water partition coefficient (Wildman–Crippen LogP) is 4.73. The third-order valence-corrected chi connectivity index (χ3v) is 4.23. The fraction of sp³-hybridized carbons (Fsp3) is 0. The van der Waals surface area contributed by atoms with Crippen LogP contribution in [0.25, 0.3) is 27.5 Å². The molecular formula is C17H12N2S. The quantitative estimate of drug-likeness (QED) is 0.517. The summed E-state index contributed by atoms with van der Waals surface area (Å²) in [6.07, 6.45) is 1.94. The van der Waals surface area contributed by atoms with Crippen molar-refractivity contribution in [3.8, 4) is 22.6 Å². The highest BCUT2D eigenvalue weighted by Gasteiger charge is 2.12. The van der Waals surface area contributed by atoms with Crippen LogP contribution >= 0.6 is 11.3 Å². The molecule has 96 valence electrons. The van der Waals surface area contributed by atoms with E-state index in [0.717, 1.165) is 11.4 Å². The molecule has 3 heteroatoms. The fourth-order valence-electron chi connectivity index (χ4n) is 2.42. The first kappa shape index (κ1) is 11.4. The molecule has 0 saturated heterocycles. The number of rotatable bonds is 2. The number of benzene rings is 2. The van der Waals surface area contributed by atoms with Gasteiger partial charge in [-0.05, 0) is 5.56 Å². The van der Waals surface area contributed by atoms with Gasteiger partial charge in [0.1, 0.15) is 10.7 Å². The summed E-state index contributed by atoms with van der Waals surface area (Å²) in [5.41, 5.74) is 3.55. The Morgan fingerprint density at radius 2 is 1.45 bits per heavy atom. The molecule has 0 saturated carbocycles. The molecule has 0 fully saturated rings. The normalized spacial score (nSPS) is 11.0. The van der Waals surface area contributed by atoms with Crippen molar-refractivity contribution in [2.75, 3.05) is 0 Å². The fourth-order valence-corrected chi connectivity index (χ4v) is 3.30. The number of nitrogens with zero attached hydrogens (tertiary/aromatic N) is 2. The first-order valence-electron chi connectivity index (χ1n) is 6.49. The molecule has 0 bridgehead atoms. The molecule has 0 aliphatic rings. The molecule has 0 spiro atoms. The zero-order chi connectivity index (χ0) is 13.4. The average Bonchev–Trinajstić information content (AvgIpc) is 3.10. The molecule has 0 aliphatic carbocycles. The lowest BCUT2D eigenvalue weighted by Gasteiger charge is -2.04. The third-order valence-electron chi connectivity index (χ3n) is 3.36. The topological polar surface area (TPSA) is 17.3 Å². The summed E-state index contributed by atoms with van der Waals surface area (Å²) >= 11 is 1.72. The Hall–Kier alpha value is -2.39. The Morgan fingerprint density at radius 1 is 0.800 bits per heavy atom. The summed E-state index contributed by atoms with van der Waals surface area (Å²) in [6.45, 7) is 0. The van der Waals surface area contributed by atoms with Crippen LogP contribution in [0.5, 0.6) is 0 Å². The highest BCUT2D eigenvalue weighted by atomic mass is 32.1. The lowest BCUT2D eigenvalue weighted by molar-refractivity contribution is 1.19. The smallest absolute Gasteiger partial charge is 0.145 e. The molecule has 0 N–H and O–H groups in total. The van der Waals surface area contributed by atoms with E-state index < -0.39 is 0 Å². The number of hydrogen-bond acceptors (Lipinski definition) is 2. The monoisotopic (exact) mass is 276 g/mol. The van der Waals surface area contributed by atoms with Crippen LogP contribution in [0.4, 0.5) is 0 Å². The Kier molecular flexibility index (Phi) is 2.64. The van der Waals surface area contributed by atoms with Crippen molar-refractivity contribution >= 4 is 16.2 Å². The summed E-state index contributed by atoms with van der Waals surface area (Å²) in [5, 5.41) is 2.19. The van der Waals surface area contributed by atoms with Crippen molar-refractivity contribution < 1.29 is 0 Å². The molecule has 2 nitrogen and oxygen atoms in total. The molecule has 2 aromatic carbocycles. The van der Waals surface area contributed by atoms with E-state index in [1.54, 1.807) is 11.3 Å². The van der Waals surface area contributed by atoms with Gasteiger partial charge in [0.15, 0.2) is 0 Å². The van der Waals surface area contributed by atoms with Crippen molar-refractivity contribution in [1.29, 1.82) is 0 Å². The van der Waals surface area contributed by atoms with E-state index in [1.807, 2.05) is 30.5 Å². The van der Waals surface area contributed by atoms with E-state index in [0.29, 0.717) is 0 Å². The minimum absolute atomic E-state index is 1.00. The van der Waals surface area contributed by atoms with Gasteiger partial charge in [0.2, 0.25) is 0 Å². The van der Waals surface area contributed by atoms with Gasteiger partial charge in [0.05, 0.1) is 11.9 Å². The Morgan fingerprint density at radius 3 is 2.15 bits per heavy atom. The van der Waals surface area contributed by atoms with Crippen molar-refractivity contribution in [1.82, 2.24) is 9.38 Å². The van der Waals surface area contributed by atoms with Crippen LogP contribution in [0.3, 0.4) is 0 Å². The van der Waals surface area contributed by atoms with Crippen molar-refractivity contribution in [2.45, 2.75) is 0 Å². The molecule has 2 aromatic heterocycles. The minimum atomic E-state index is 1.00. The van der Waals surface area contributed by atoms with E-state index in [-0.39, 0.29) is 0 Å². The molecule has 0 aliphatic heterocycles. The van der Waals surface area contributed by atoms with Crippen LogP contribution in [-0.4, -0.2) is 9.38 Å². The summed E-state index contributed by atoms with van der Waals surface area (Å²) in [4.78, 5) is 5.75. The summed E-state index contributed by atoms with van der Waals surface area (Å²) in [7, 11) is 0. The Labute approximate surface area is 121 Å². The predicted molar refractivity (Wildman–Crippen MR) is 83.9 cm³/mol. The van der Waals surface area contributed by atoms with Crippen molar-refractivity contribution in [2.24, 2.45) is 0 Å². The second-order valence-electron chi connectivity index (χ2n) is 4.61. The number of thiazole rings is 1. The number of fused-ring (bicyclic) bond motifs is 1. The summed E-state index contributed by atoms with van der Waals surface area (Å²) < 4.78 is 2.23. The Balaban J connectivity index is 1.99. The lowest BCUT2D eigenvalue weighted by Crippen LogP contribution is -1.90. The zero-order valence-corrected chi connectivity index (χ0v) is 11.5. The first-order chi connectivity index (χ1) is 9.93. The number of hydrogen-bond donors (Lipinski definition) is 0. The standard InChI is InChI=1S/C17H12N2S/c1-3-7-13(8-4-1)15-12-20-16-11-18-17(19(15)16)14-9-5-2-6-10-14/h1-12H. The van der Waals surface area contributed by atoms with E-state index in [2.05, 4.69) is 51.2 Å². The molecule has 0 radical (unpaired) electrons. The molecule has 0 amide bonds. The minimum Gasteiger partial charge on any atom is -0.283 e. The number of aromatic nitrogens is 2. The second-order valence-corrected chi connectivity index (χ2v) is 5.50. The SMILES string of the molecule is c1ccc(-c2csc3cnc(-c4ccccc4)n23)cc1. The van der Waals surface area contributed by atoms with Crippen LogP contribution in [0, 0.1) is 0 Å². The summed E-state index contributed by atoms with van der Waals surface area (Å²) in [5.74, 6) is 1.00.